The van der Waals surface area contributed by atoms with Gasteiger partial charge in [-0.2, -0.15) is 5.26 Å². The van der Waals surface area contributed by atoms with Crippen molar-refractivity contribution in [3.63, 3.8) is 0 Å². The molecule has 14 heavy (non-hydrogen) atoms. The number of benzene rings is 1. The number of rotatable bonds is 2. The number of halogens is 1. The molecule has 2 N–H and O–H groups in total. The highest BCUT2D eigenvalue weighted by molar-refractivity contribution is 6.30. The van der Waals surface area contributed by atoms with Crippen molar-refractivity contribution in [2.75, 3.05) is 5.32 Å². The van der Waals surface area contributed by atoms with Gasteiger partial charge < -0.3 is 10.4 Å². The zero-order valence-electron chi connectivity index (χ0n) is 7.12. The molecule has 0 fully saturated rings. The monoisotopic (exact) mass is 210 g/mol. The van der Waals surface area contributed by atoms with Crippen LogP contribution >= 0.6 is 11.6 Å². The maximum absolute atomic E-state index is 11.0. The van der Waals surface area contributed by atoms with Crippen molar-refractivity contribution in [3.05, 3.63) is 23.2 Å². The number of carbonyl (C=O) groups is 1. The molecule has 0 atom stereocenters. The average molecular weight is 211 g/mol. The number of hydrogen-bond donors (Lipinski definition) is 2. The molecule has 72 valence electrons. The Morgan fingerprint density at radius 3 is 2.93 bits per heavy atom. The number of amides is 1. The molecule has 0 saturated heterocycles. The lowest BCUT2D eigenvalue weighted by atomic mass is 10.3. The van der Waals surface area contributed by atoms with Crippen LogP contribution in [0.2, 0.25) is 5.02 Å². The van der Waals surface area contributed by atoms with Gasteiger partial charge in [0.1, 0.15) is 12.2 Å². The summed E-state index contributed by atoms with van der Waals surface area (Å²) in [6.07, 6.45) is -0.248. The third-order valence-electron chi connectivity index (χ3n) is 1.47. The summed E-state index contributed by atoms with van der Waals surface area (Å²) in [5.74, 6) is -0.589. The van der Waals surface area contributed by atoms with E-state index in [2.05, 4.69) is 5.32 Å². The van der Waals surface area contributed by atoms with Crippen molar-refractivity contribution in [1.29, 1.82) is 5.26 Å². The summed E-state index contributed by atoms with van der Waals surface area (Å²) < 4.78 is 0. The summed E-state index contributed by atoms with van der Waals surface area (Å²) in [6.45, 7) is 0. The zero-order valence-corrected chi connectivity index (χ0v) is 7.88. The van der Waals surface area contributed by atoms with E-state index in [1.807, 2.05) is 0 Å². The Bertz CT molecular complexity index is 398. The molecule has 1 aromatic rings. The first-order valence-corrected chi connectivity index (χ1v) is 4.16. The highest BCUT2D eigenvalue weighted by Crippen LogP contribution is 2.26. The number of anilines is 1. The van der Waals surface area contributed by atoms with Crippen molar-refractivity contribution in [3.8, 4) is 11.8 Å². The number of nitrogens with one attached hydrogen (secondary N) is 1. The molecule has 0 spiro atoms. The minimum atomic E-state index is -0.467. The molecule has 1 rings (SSSR count). The first kappa shape index (κ1) is 10.4. The Hall–Kier alpha value is -1.73. The Morgan fingerprint density at radius 2 is 2.36 bits per heavy atom. The lowest BCUT2D eigenvalue weighted by molar-refractivity contribution is -0.115. The zero-order chi connectivity index (χ0) is 10.6. The second-order valence-electron chi connectivity index (χ2n) is 2.54. The summed E-state index contributed by atoms with van der Waals surface area (Å²) in [5, 5.41) is 20.3. The number of carbonyl (C=O) groups excluding carboxylic acids is 1. The third-order valence-corrected chi connectivity index (χ3v) is 1.71. The standard InChI is InChI=1S/C9H7ClN2O2/c10-6-1-2-7(8(13)5-6)12-9(14)3-4-11/h1-2,5,13H,3H2,(H,12,14). The summed E-state index contributed by atoms with van der Waals surface area (Å²) in [7, 11) is 0. The molecular weight excluding hydrogens is 204 g/mol. The fourth-order valence-corrected chi connectivity index (χ4v) is 1.04. The molecule has 0 saturated carbocycles. The van der Waals surface area contributed by atoms with Gasteiger partial charge in [-0.05, 0) is 12.1 Å². The van der Waals surface area contributed by atoms with Gasteiger partial charge in [-0.15, -0.1) is 0 Å². The van der Waals surface area contributed by atoms with Crippen LogP contribution in [0.4, 0.5) is 5.69 Å². The lowest BCUT2D eigenvalue weighted by Gasteiger charge is -2.04. The molecular formula is C9H7ClN2O2. The van der Waals surface area contributed by atoms with Gasteiger partial charge in [0.05, 0.1) is 11.8 Å². The SMILES string of the molecule is N#CCC(=O)Nc1ccc(Cl)cc1O. The molecule has 0 aromatic heterocycles. The second kappa shape index (κ2) is 4.49. The number of phenolic OH excluding ortho intramolecular Hbond substituents is 1. The van der Waals surface area contributed by atoms with E-state index < -0.39 is 5.91 Å². The summed E-state index contributed by atoms with van der Waals surface area (Å²) in [5.41, 5.74) is 0.245. The first-order valence-electron chi connectivity index (χ1n) is 3.79. The average Bonchev–Trinajstić information content (AvgIpc) is 2.10. The molecule has 0 radical (unpaired) electrons. The van der Waals surface area contributed by atoms with E-state index in [1.165, 1.54) is 18.2 Å². The number of nitriles is 1. The molecule has 0 aliphatic heterocycles. The molecule has 0 bridgehead atoms. The molecule has 0 aliphatic rings. The highest BCUT2D eigenvalue weighted by atomic mass is 35.5. The maximum atomic E-state index is 11.0. The van der Waals surface area contributed by atoms with E-state index >= 15 is 0 Å². The molecule has 5 heteroatoms. The fraction of sp³-hybridized carbons (Fsp3) is 0.111. The van der Waals surface area contributed by atoms with Gasteiger partial charge >= 0.3 is 0 Å². The first-order chi connectivity index (χ1) is 6.63. The van der Waals surface area contributed by atoms with Crippen molar-refractivity contribution in [1.82, 2.24) is 0 Å². The van der Waals surface area contributed by atoms with Gasteiger partial charge in [0.25, 0.3) is 0 Å². The van der Waals surface area contributed by atoms with Gasteiger partial charge in [-0.3, -0.25) is 4.79 Å². The predicted molar refractivity (Wildman–Crippen MR) is 52.0 cm³/mol. The minimum absolute atomic E-state index is 0.121. The summed E-state index contributed by atoms with van der Waals surface area (Å²) in [4.78, 5) is 11.0. The van der Waals surface area contributed by atoms with Crippen LogP contribution in [0, 0.1) is 11.3 Å². The van der Waals surface area contributed by atoms with Crippen LogP contribution in [0.15, 0.2) is 18.2 Å². The van der Waals surface area contributed by atoms with Gasteiger partial charge in [0, 0.05) is 11.1 Å². The number of aromatic hydroxyl groups is 1. The van der Waals surface area contributed by atoms with Gasteiger partial charge in [0.2, 0.25) is 5.91 Å². The molecule has 0 unspecified atom stereocenters. The van der Waals surface area contributed by atoms with Crippen molar-refractivity contribution in [2.24, 2.45) is 0 Å². The maximum Gasteiger partial charge on any atom is 0.238 e. The Kier molecular flexibility index (Phi) is 3.32. The van der Waals surface area contributed by atoms with E-state index in [-0.39, 0.29) is 17.9 Å². The van der Waals surface area contributed by atoms with Gasteiger partial charge in [-0.25, -0.2) is 0 Å². The molecule has 0 aliphatic carbocycles. The Morgan fingerprint density at radius 1 is 1.64 bits per heavy atom. The van der Waals surface area contributed by atoms with Crippen LogP contribution < -0.4 is 5.32 Å². The van der Waals surface area contributed by atoms with E-state index in [4.69, 9.17) is 16.9 Å². The third kappa shape index (κ3) is 2.64. The van der Waals surface area contributed by atoms with Crippen LogP contribution in [0.1, 0.15) is 6.42 Å². The van der Waals surface area contributed by atoms with E-state index in [1.54, 1.807) is 6.07 Å². The van der Waals surface area contributed by atoms with E-state index in [9.17, 15) is 9.90 Å². The minimum Gasteiger partial charge on any atom is -0.506 e. The quantitative estimate of drug-likeness (QED) is 0.733. The second-order valence-corrected chi connectivity index (χ2v) is 2.98. The number of hydrogen-bond acceptors (Lipinski definition) is 3. The Balaban J connectivity index is 2.78. The molecule has 4 nitrogen and oxygen atoms in total. The van der Waals surface area contributed by atoms with Gasteiger partial charge in [0.15, 0.2) is 0 Å². The van der Waals surface area contributed by atoms with Crippen LogP contribution in [-0.2, 0) is 4.79 Å². The van der Waals surface area contributed by atoms with Crippen LogP contribution in [0.3, 0.4) is 0 Å². The van der Waals surface area contributed by atoms with Crippen molar-refractivity contribution < 1.29 is 9.90 Å². The number of nitrogens with zero attached hydrogens (tertiary/aromatic N) is 1. The lowest BCUT2D eigenvalue weighted by Crippen LogP contribution is -2.09. The van der Waals surface area contributed by atoms with E-state index in [0.717, 1.165) is 0 Å². The van der Waals surface area contributed by atoms with Crippen LogP contribution in [0.5, 0.6) is 5.75 Å². The largest absolute Gasteiger partial charge is 0.506 e. The van der Waals surface area contributed by atoms with Crippen molar-refractivity contribution in [2.45, 2.75) is 6.42 Å². The molecule has 0 heterocycles. The smallest absolute Gasteiger partial charge is 0.238 e. The van der Waals surface area contributed by atoms with Crippen molar-refractivity contribution >= 4 is 23.2 Å². The van der Waals surface area contributed by atoms with Crippen LogP contribution in [0.25, 0.3) is 0 Å². The number of phenols is 1. The van der Waals surface area contributed by atoms with Gasteiger partial charge in [-0.1, -0.05) is 11.6 Å². The topological polar surface area (TPSA) is 73.1 Å². The Labute approximate surface area is 85.7 Å². The predicted octanol–water partition coefficient (Wildman–Crippen LogP) is 1.90. The van der Waals surface area contributed by atoms with Crippen LogP contribution in [-0.4, -0.2) is 11.0 Å². The molecule has 1 aromatic carbocycles. The fourth-order valence-electron chi connectivity index (χ4n) is 0.877. The highest BCUT2D eigenvalue weighted by Gasteiger charge is 2.05. The van der Waals surface area contributed by atoms with E-state index in [0.29, 0.717) is 5.02 Å². The normalized spacial score (nSPS) is 9.14. The molecule has 1 amide bonds. The summed E-state index contributed by atoms with van der Waals surface area (Å²) in [6, 6.07) is 6.00. The summed E-state index contributed by atoms with van der Waals surface area (Å²) >= 11 is 5.59.